The molecule has 1 atom stereocenters. The lowest BCUT2D eigenvalue weighted by Gasteiger charge is -2.51. The van der Waals surface area contributed by atoms with Crippen LogP contribution in [0.25, 0.3) is 0 Å². The molecule has 0 bridgehead atoms. The first kappa shape index (κ1) is 25.1. The number of aliphatic hydroxyl groups excluding tert-OH is 2. The first-order chi connectivity index (χ1) is 15.4. The number of carbonyl (C=O) groups excluding carboxylic acids is 1. The predicted molar refractivity (Wildman–Crippen MR) is 124 cm³/mol. The standard InChI is InChI=1S/C24H40N4O4/c1-26(2)24(20-8-5-4-6-9-20)12-10-23(11-13-24)19-27(18-21(30)25-14-16-29)22(31)28(23)15-7-17-32-3/h4-6,8-9,22,29,31H,7,10-19H2,1-3H3,(H,25,30)/t22?,23-,24+. The third-order valence-corrected chi connectivity index (χ3v) is 7.42. The van der Waals surface area contributed by atoms with Crippen molar-refractivity contribution in [2.45, 2.75) is 49.5 Å². The van der Waals surface area contributed by atoms with Crippen LogP contribution in [-0.2, 0) is 15.1 Å². The molecule has 1 heterocycles. The zero-order valence-corrected chi connectivity index (χ0v) is 19.8. The Kier molecular flexibility index (Phi) is 8.66. The van der Waals surface area contributed by atoms with Crippen LogP contribution < -0.4 is 5.32 Å². The third kappa shape index (κ3) is 5.16. The van der Waals surface area contributed by atoms with Gasteiger partial charge in [0.15, 0.2) is 6.35 Å². The Hall–Kier alpha value is -1.55. The van der Waals surface area contributed by atoms with Crippen molar-refractivity contribution >= 4 is 5.91 Å². The van der Waals surface area contributed by atoms with Gasteiger partial charge >= 0.3 is 0 Å². The van der Waals surface area contributed by atoms with Gasteiger partial charge in [-0.05, 0) is 51.8 Å². The quantitative estimate of drug-likeness (QED) is 0.456. The van der Waals surface area contributed by atoms with Crippen molar-refractivity contribution in [2.24, 2.45) is 0 Å². The minimum absolute atomic E-state index is 0.0262. The molecule has 32 heavy (non-hydrogen) atoms. The first-order valence-electron chi connectivity index (χ1n) is 11.7. The van der Waals surface area contributed by atoms with Gasteiger partial charge in [-0.2, -0.15) is 0 Å². The van der Waals surface area contributed by atoms with Gasteiger partial charge < -0.3 is 20.3 Å². The molecule has 1 aliphatic carbocycles. The SMILES string of the molecule is COCCCN1C(O)N(CC(=O)NCCO)C[C@]12CC[C@](c1ccccc1)(N(C)C)CC2. The van der Waals surface area contributed by atoms with Gasteiger partial charge in [0.1, 0.15) is 0 Å². The average molecular weight is 449 g/mol. The van der Waals surface area contributed by atoms with Crippen LogP contribution in [0.15, 0.2) is 30.3 Å². The molecule has 0 radical (unpaired) electrons. The number of aliphatic hydroxyl groups is 2. The van der Waals surface area contributed by atoms with Crippen LogP contribution in [0.1, 0.15) is 37.7 Å². The maximum atomic E-state index is 12.3. The summed E-state index contributed by atoms with van der Waals surface area (Å²) in [5.74, 6) is -0.172. The summed E-state index contributed by atoms with van der Waals surface area (Å²) in [5.41, 5.74) is 1.14. The molecule has 1 unspecified atom stereocenters. The van der Waals surface area contributed by atoms with Crippen LogP contribution in [0.3, 0.4) is 0 Å². The smallest absolute Gasteiger partial charge is 0.234 e. The summed E-state index contributed by atoms with van der Waals surface area (Å²) in [6, 6.07) is 10.7. The van der Waals surface area contributed by atoms with Crippen LogP contribution in [0, 0.1) is 0 Å². The molecule has 1 aromatic rings. The van der Waals surface area contributed by atoms with Crippen molar-refractivity contribution in [2.75, 3.05) is 60.6 Å². The van der Waals surface area contributed by atoms with E-state index >= 15 is 0 Å². The van der Waals surface area contributed by atoms with Crippen molar-refractivity contribution in [1.82, 2.24) is 20.0 Å². The third-order valence-electron chi connectivity index (χ3n) is 7.42. The summed E-state index contributed by atoms with van der Waals surface area (Å²) >= 11 is 0. The molecule has 180 valence electrons. The van der Waals surface area contributed by atoms with Crippen LogP contribution in [-0.4, -0.2) is 103 Å². The molecule has 1 saturated carbocycles. The van der Waals surface area contributed by atoms with Crippen molar-refractivity contribution in [3.63, 3.8) is 0 Å². The molecule has 0 aromatic heterocycles. The summed E-state index contributed by atoms with van der Waals surface area (Å²) in [6.45, 7) is 2.29. The van der Waals surface area contributed by atoms with E-state index in [-0.39, 0.29) is 36.7 Å². The molecule has 8 heteroatoms. The molecule has 3 N–H and O–H groups in total. The van der Waals surface area contributed by atoms with Gasteiger partial charge in [-0.1, -0.05) is 30.3 Å². The number of hydrogen-bond acceptors (Lipinski definition) is 7. The highest BCUT2D eigenvalue weighted by atomic mass is 16.5. The Labute approximate surface area is 192 Å². The topological polar surface area (TPSA) is 88.5 Å². The van der Waals surface area contributed by atoms with Crippen LogP contribution in [0.2, 0.25) is 0 Å². The maximum absolute atomic E-state index is 12.3. The zero-order chi connectivity index (χ0) is 23.2. The first-order valence-corrected chi connectivity index (χ1v) is 11.7. The van der Waals surface area contributed by atoms with Gasteiger partial charge in [-0.15, -0.1) is 0 Å². The second-order valence-electron chi connectivity index (χ2n) is 9.38. The number of benzene rings is 1. The van der Waals surface area contributed by atoms with Crippen molar-refractivity contribution in [3.8, 4) is 0 Å². The summed E-state index contributed by atoms with van der Waals surface area (Å²) in [4.78, 5) is 18.7. The summed E-state index contributed by atoms with van der Waals surface area (Å²) in [7, 11) is 6.01. The van der Waals surface area contributed by atoms with E-state index in [0.717, 1.165) is 38.6 Å². The fourth-order valence-corrected chi connectivity index (χ4v) is 5.61. The number of amides is 1. The van der Waals surface area contributed by atoms with Crippen LogP contribution >= 0.6 is 0 Å². The Bertz CT molecular complexity index is 722. The average Bonchev–Trinajstić information content (AvgIpc) is 3.04. The molecule has 2 fully saturated rings. The van der Waals surface area contributed by atoms with Crippen molar-refractivity contribution < 1.29 is 19.7 Å². The Morgan fingerprint density at radius 1 is 1.22 bits per heavy atom. The fourth-order valence-electron chi connectivity index (χ4n) is 5.61. The van der Waals surface area contributed by atoms with Crippen molar-refractivity contribution in [1.29, 1.82) is 0 Å². The highest BCUT2D eigenvalue weighted by Gasteiger charge is 2.54. The van der Waals surface area contributed by atoms with Crippen LogP contribution in [0.5, 0.6) is 0 Å². The molecular formula is C24H40N4O4. The number of methoxy groups -OCH3 is 1. The lowest BCUT2D eigenvalue weighted by atomic mass is 9.68. The van der Waals surface area contributed by atoms with Gasteiger partial charge in [-0.25, -0.2) is 0 Å². The zero-order valence-electron chi connectivity index (χ0n) is 19.8. The van der Waals surface area contributed by atoms with Gasteiger partial charge in [-0.3, -0.25) is 19.5 Å². The molecule has 1 aromatic carbocycles. The van der Waals surface area contributed by atoms with Gasteiger partial charge in [0, 0.05) is 44.4 Å². The lowest BCUT2D eigenvalue weighted by molar-refractivity contribution is -0.129. The molecular weight excluding hydrogens is 408 g/mol. The molecule has 1 saturated heterocycles. The highest BCUT2D eigenvalue weighted by molar-refractivity contribution is 5.78. The number of nitrogens with one attached hydrogen (secondary N) is 1. The van der Waals surface area contributed by atoms with E-state index in [1.54, 1.807) is 7.11 Å². The van der Waals surface area contributed by atoms with Crippen LogP contribution in [0.4, 0.5) is 0 Å². The second kappa shape index (κ2) is 11.0. The summed E-state index contributed by atoms with van der Waals surface area (Å²) in [5, 5.41) is 22.8. The molecule has 8 nitrogen and oxygen atoms in total. The van der Waals surface area contributed by atoms with E-state index in [9.17, 15) is 9.90 Å². The van der Waals surface area contributed by atoms with Gasteiger partial charge in [0.2, 0.25) is 5.91 Å². The molecule has 1 amide bonds. The number of carbonyl (C=O) groups is 1. The number of rotatable bonds is 10. The minimum atomic E-state index is -0.796. The largest absolute Gasteiger partial charge is 0.395 e. The summed E-state index contributed by atoms with van der Waals surface area (Å²) in [6.07, 6.45) is 3.90. The van der Waals surface area contributed by atoms with Crippen molar-refractivity contribution in [3.05, 3.63) is 35.9 Å². The highest BCUT2D eigenvalue weighted by Crippen LogP contribution is 2.49. The normalized spacial score (nSPS) is 29.1. The Balaban J connectivity index is 1.79. The van der Waals surface area contributed by atoms with E-state index in [2.05, 4.69) is 59.5 Å². The van der Waals surface area contributed by atoms with Gasteiger partial charge in [0.25, 0.3) is 0 Å². The van der Waals surface area contributed by atoms with Gasteiger partial charge in [0.05, 0.1) is 13.2 Å². The van der Waals surface area contributed by atoms with E-state index in [0.29, 0.717) is 13.2 Å². The molecule has 3 rings (SSSR count). The predicted octanol–water partition coefficient (Wildman–Crippen LogP) is 0.795. The second-order valence-corrected chi connectivity index (χ2v) is 9.38. The number of nitrogens with zero attached hydrogens (tertiary/aromatic N) is 3. The molecule has 2 aliphatic rings. The van der Waals surface area contributed by atoms with E-state index in [1.165, 1.54) is 5.56 Å². The lowest BCUT2D eigenvalue weighted by Crippen LogP contribution is -2.56. The minimum Gasteiger partial charge on any atom is -0.395 e. The Morgan fingerprint density at radius 3 is 2.50 bits per heavy atom. The fraction of sp³-hybridized carbons (Fsp3) is 0.708. The Morgan fingerprint density at radius 2 is 1.91 bits per heavy atom. The monoisotopic (exact) mass is 448 g/mol. The van der Waals surface area contributed by atoms with E-state index < -0.39 is 6.35 Å². The maximum Gasteiger partial charge on any atom is 0.234 e. The van der Waals surface area contributed by atoms with E-state index in [1.807, 2.05) is 4.90 Å². The molecule has 1 spiro atoms. The number of ether oxygens (including phenoxy) is 1. The summed E-state index contributed by atoms with van der Waals surface area (Å²) < 4.78 is 5.25. The number of hydrogen-bond donors (Lipinski definition) is 3. The molecule has 1 aliphatic heterocycles. The van der Waals surface area contributed by atoms with E-state index in [4.69, 9.17) is 9.84 Å².